The van der Waals surface area contributed by atoms with Crippen molar-refractivity contribution in [2.24, 2.45) is 7.05 Å². The SMILES string of the molecule is Cc1nn(C)c(NCCCNS(C)(=O)=O)c1N. The molecule has 0 aliphatic heterocycles. The number of hydrogen-bond donors (Lipinski definition) is 3. The summed E-state index contributed by atoms with van der Waals surface area (Å²) in [7, 11) is -1.30. The van der Waals surface area contributed by atoms with Crippen LogP contribution in [0.4, 0.5) is 11.5 Å². The summed E-state index contributed by atoms with van der Waals surface area (Å²) >= 11 is 0. The summed E-state index contributed by atoms with van der Waals surface area (Å²) in [5, 5.41) is 7.30. The summed E-state index contributed by atoms with van der Waals surface area (Å²) in [6, 6.07) is 0. The lowest BCUT2D eigenvalue weighted by molar-refractivity contribution is 0.586. The average molecular weight is 261 g/mol. The highest BCUT2D eigenvalue weighted by molar-refractivity contribution is 7.88. The third-order valence-electron chi connectivity index (χ3n) is 2.28. The molecule has 0 radical (unpaired) electrons. The molecule has 1 aromatic heterocycles. The van der Waals surface area contributed by atoms with Crippen LogP contribution in [-0.2, 0) is 17.1 Å². The molecule has 0 saturated heterocycles. The largest absolute Gasteiger partial charge is 0.394 e. The van der Waals surface area contributed by atoms with E-state index in [4.69, 9.17) is 5.73 Å². The zero-order chi connectivity index (χ0) is 13.1. The van der Waals surface area contributed by atoms with Crippen molar-refractivity contribution in [2.75, 3.05) is 30.4 Å². The number of nitrogens with two attached hydrogens (primary N) is 1. The van der Waals surface area contributed by atoms with Gasteiger partial charge in [-0.05, 0) is 13.3 Å². The topological polar surface area (TPSA) is 102 Å². The molecule has 8 heteroatoms. The molecule has 0 aliphatic carbocycles. The van der Waals surface area contributed by atoms with E-state index < -0.39 is 10.0 Å². The lowest BCUT2D eigenvalue weighted by atomic mass is 10.3. The Bertz CT molecular complexity index is 480. The Morgan fingerprint density at radius 2 is 2.06 bits per heavy atom. The van der Waals surface area contributed by atoms with Gasteiger partial charge >= 0.3 is 0 Å². The highest BCUT2D eigenvalue weighted by atomic mass is 32.2. The molecule has 0 aliphatic rings. The summed E-state index contributed by atoms with van der Waals surface area (Å²) in [4.78, 5) is 0. The van der Waals surface area contributed by atoms with Gasteiger partial charge in [0, 0.05) is 20.1 Å². The summed E-state index contributed by atoms with van der Waals surface area (Å²) in [5.74, 6) is 0.766. The van der Waals surface area contributed by atoms with E-state index in [0.717, 1.165) is 17.8 Å². The molecule has 0 fully saturated rings. The van der Waals surface area contributed by atoms with Crippen LogP contribution in [0.15, 0.2) is 0 Å². The number of anilines is 2. The predicted molar refractivity (Wildman–Crippen MR) is 68.3 cm³/mol. The van der Waals surface area contributed by atoms with Crippen molar-refractivity contribution < 1.29 is 8.42 Å². The van der Waals surface area contributed by atoms with E-state index in [0.29, 0.717) is 25.2 Å². The second kappa shape index (κ2) is 5.37. The molecule has 0 atom stereocenters. The van der Waals surface area contributed by atoms with Crippen LogP contribution in [0.2, 0.25) is 0 Å². The van der Waals surface area contributed by atoms with Crippen molar-refractivity contribution >= 4 is 21.5 Å². The van der Waals surface area contributed by atoms with E-state index in [1.54, 1.807) is 11.7 Å². The molecule has 1 heterocycles. The van der Waals surface area contributed by atoms with Gasteiger partial charge in [0.1, 0.15) is 5.82 Å². The van der Waals surface area contributed by atoms with Crippen molar-refractivity contribution in [1.82, 2.24) is 14.5 Å². The van der Waals surface area contributed by atoms with Crippen LogP contribution in [0.1, 0.15) is 12.1 Å². The van der Waals surface area contributed by atoms with Gasteiger partial charge in [-0.2, -0.15) is 5.10 Å². The summed E-state index contributed by atoms with van der Waals surface area (Å²) in [5.41, 5.74) is 7.24. The molecule has 4 N–H and O–H groups in total. The minimum Gasteiger partial charge on any atom is -0.394 e. The lowest BCUT2D eigenvalue weighted by Crippen LogP contribution is -2.24. The molecule has 7 nitrogen and oxygen atoms in total. The molecule has 0 unspecified atom stereocenters. The molecule has 0 amide bonds. The molecular formula is C9H19N5O2S. The smallest absolute Gasteiger partial charge is 0.208 e. The molecule has 0 bridgehead atoms. The Labute approximate surface area is 101 Å². The van der Waals surface area contributed by atoms with Crippen LogP contribution in [-0.4, -0.2) is 37.5 Å². The Morgan fingerprint density at radius 3 is 2.53 bits per heavy atom. The molecule has 1 rings (SSSR count). The van der Waals surface area contributed by atoms with E-state index in [9.17, 15) is 8.42 Å². The summed E-state index contributed by atoms with van der Waals surface area (Å²) in [6.45, 7) is 2.87. The Kier molecular flexibility index (Phi) is 4.35. The maximum absolute atomic E-state index is 10.8. The maximum atomic E-state index is 10.8. The number of nitrogens with zero attached hydrogens (tertiary/aromatic N) is 2. The molecule has 0 saturated carbocycles. The number of hydrogen-bond acceptors (Lipinski definition) is 5. The number of aryl methyl sites for hydroxylation is 2. The van der Waals surface area contributed by atoms with Crippen molar-refractivity contribution in [3.8, 4) is 0 Å². The van der Waals surface area contributed by atoms with Gasteiger partial charge in [0.05, 0.1) is 17.6 Å². The number of nitrogens with one attached hydrogen (secondary N) is 2. The quantitative estimate of drug-likeness (QED) is 0.608. The summed E-state index contributed by atoms with van der Waals surface area (Å²) < 4.78 is 25.7. The average Bonchev–Trinajstić information content (AvgIpc) is 2.42. The van der Waals surface area contributed by atoms with E-state index >= 15 is 0 Å². The van der Waals surface area contributed by atoms with Crippen molar-refractivity contribution in [3.63, 3.8) is 0 Å². The van der Waals surface area contributed by atoms with E-state index in [1.807, 2.05) is 6.92 Å². The van der Waals surface area contributed by atoms with E-state index in [-0.39, 0.29) is 0 Å². The first-order chi connectivity index (χ1) is 7.81. The predicted octanol–water partition coefficient (Wildman–Crippen LogP) is -0.338. The highest BCUT2D eigenvalue weighted by Crippen LogP contribution is 2.20. The molecule has 1 aromatic rings. The third kappa shape index (κ3) is 4.23. The fourth-order valence-electron chi connectivity index (χ4n) is 1.44. The van der Waals surface area contributed by atoms with Gasteiger partial charge in [0.15, 0.2) is 0 Å². The normalized spacial score (nSPS) is 11.7. The van der Waals surface area contributed by atoms with Crippen molar-refractivity contribution in [3.05, 3.63) is 5.69 Å². The van der Waals surface area contributed by atoms with Gasteiger partial charge in [-0.3, -0.25) is 4.68 Å². The fourth-order valence-corrected chi connectivity index (χ4v) is 1.95. The number of nitrogen functional groups attached to an aromatic ring is 1. The highest BCUT2D eigenvalue weighted by Gasteiger charge is 2.08. The van der Waals surface area contributed by atoms with Crippen LogP contribution < -0.4 is 15.8 Å². The number of aromatic nitrogens is 2. The monoisotopic (exact) mass is 261 g/mol. The molecular weight excluding hydrogens is 242 g/mol. The fraction of sp³-hybridized carbons (Fsp3) is 0.667. The van der Waals surface area contributed by atoms with Gasteiger partial charge in [0.2, 0.25) is 10.0 Å². The zero-order valence-electron chi connectivity index (χ0n) is 10.3. The third-order valence-corrected chi connectivity index (χ3v) is 3.01. The second-order valence-electron chi connectivity index (χ2n) is 3.92. The molecule has 0 aromatic carbocycles. The molecule has 0 spiro atoms. The zero-order valence-corrected chi connectivity index (χ0v) is 11.1. The van der Waals surface area contributed by atoms with Crippen LogP contribution in [0.5, 0.6) is 0 Å². The first-order valence-electron chi connectivity index (χ1n) is 5.29. The first kappa shape index (κ1) is 13.8. The lowest BCUT2D eigenvalue weighted by Gasteiger charge is -2.07. The Morgan fingerprint density at radius 1 is 1.41 bits per heavy atom. The molecule has 98 valence electrons. The minimum absolute atomic E-state index is 0.405. The standard InChI is InChI=1S/C9H19N5O2S/c1-7-8(10)9(14(2)13-7)11-5-4-6-12-17(3,15)16/h11-12H,4-6,10H2,1-3H3. The number of sulfonamides is 1. The van der Waals surface area contributed by atoms with Gasteiger partial charge in [-0.25, -0.2) is 13.1 Å². The Hall–Kier alpha value is -1.28. The number of rotatable bonds is 6. The second-order valence-corrected chi connectivity index (χ2v) is 5.75. The Balaban J connectivity index is 2.37. The van der Waals surface area contributed by atoms with Gasteiger partial charge in [-0.1, -0.05) is 0 Å². The molecule has 17 heavy (non-hydrogen) atoms. The van der Waals surface area contributed by atoms with E-state index in [1.165, 1.54) is 0 Å². The van der Waals surface area contributed by atoms with Crippen LogP contribution in [0.3, 0.4) is 0 Å². The van der Waals surface area contributed by atoms with Crippen molar-refractivity contribution in [1.29, 1.82) is 0 Å². The van der Waals surface area contributed by atoms with Gasteiger partial charge < -0.3 is 11.1 Å². The van der Waals surface area contributed by atoms with E-state index in [2.05, 4.69) is 15.1 Å². The first-order valence-corrected chi connectivity index (χ1v) is 7.18. The minimum atomic E-state index is -3.10. The summed E-state index contributed by atoms with van der Waals surface area (Å²) in [6.07, 6.45) is 1.82. The maximum Gasteiger partial charge on any atom is 0.208 e. The van der Waals surface area contributed by atoms with Crippen LogP contribution >= 0.6 is 0 Å². The van der Waals surface area contributed by atoms with Crippen LogP contribution in [0, 0.1) is 6.92 Å². The van der Waals surface area contributed by atoms with Crippen molar-refractivity contribution in [2.45, 2.75) is 13.3 Å². The van der Waals surface area contributed by atoms with Gasteiger partial charge in [-0.15, -0.1) is 0 Å². The van der Waals surface area contributed by atoms with Crippen LogP contribution in [0.25, 0.3) is 0 Å². The van der Waals surface area contributed by atoms with Gasteiger partial charge in [0.25, 0.3) is 0 Å².